The molecule has 1 aromatic carbocycles. The lowest BCUT2D eigenvalue weighted by Crippen LogP contribution is -2.06. The Kier molecular flexibility index (Phi) is 4.22. The van der Waals surface area contributed by atoms with Gasteiger partial charge in [-0.15, -0.1) is 0 Å². The second-order valence-electron chi connectivity index (χ2n) is 5.20. The number of hydrogen-bond donors (Lipinski definition) is 0. The fourth-order valence-corrected chi connectivity index (χ4v) is 2.77. The van der Waals surface area contributed by atoms with Gasteiger partial charge in [0.1, 0.15) is 10.9 Å². The van der Waals surface area contributed by atoms with Crippen LogP contribution >= 0.6 is 11.6 Å². The van der Waals surface area contributed by atoms with Gasteiger partial charge in [0.15, 0.2) is 0 Å². The van der Waals surface area contributed by atoms with Crippen LogP contribution in [0.15, 0.2) is 77.1 Å². The Hall–Kier alpha value is -2.52. The molecule has 0 saturated carbocycles. The third-order valence-corrected chi connectivity index (χ3v) is 3.88. The molecule has 0 bridgehead atoms. The van der Waals surface area contributed by atoms with Gasteiger partial charge in [0, 0.05) is 22.9 Å². The number of aromatic nitrogens is 1. The molecule has 1 aliphatic carbocycles. The first-order valence-corrected chi connectivity index (χ1v) is 7.62. The van der Waals surface area contributed by atoms with Crippen LogP contribution in [0.1, 0.15) is 6.92 Å². The molecule has 4 heteroatoms. The first-order valence-electron chi connectivity index (χ1n) is 7.24. The van der Waals surface area contributed by atoms with E-state index in [2.05, 4.69) is 35.2 Å². The maximum absolute atomic E-state index is 5.85. The van der Waals surface area contributed by atoms with Crippen LogP contribution in [0.4, 0.5) is 0 Å². The van der Waals surface area contributed by atoms with Gasteiger partial charge in [0.05, 0.1) is 18.3 Å². The summed E-state index contributed by atoms with van der Waals surface area (Å²) in [6, 6.07) is 8.11. The summed E-state index contributed by atoms with van der Waals surface area (Å²) in [4.78, 5) is 4.31. The summed E-state index contributed by atoms with van der Waals surface area (Å²) in [6.45, 7) is 5.72. The van der Waals surface area contributed by atoms with Gasteiger partial charge in [0.25, 0.3) is 0 Å². The number of benzene rings is 1. The summed E-state index contributed by atoms with van der Waals surface area (Å²) in [6.07, 6.45) is 9.94. The number of nitrogens with zero attached hydrogens (tertiary/aromatic N) is 2. The van der Waals surface area contributed by atoms with Crippen molar-refractivity contribution in [3.8, 4) is 5.75 Å². The van der Waals surface area contributed by atoms with E-state index in [-0.39, 0.29) is 5.16 Å². The largest absolute Gasteiger partial charge is 0.497 e. The van der Waals surface area contributed by atoms with Crippen molar-refractivity contribution in [3.63, 3.8) is 0 Å². The van der Waals surface area contributed by atoms with Crippen molar-refractivity contribution in [3.05, 3.63) is 72.1 Å². The molecule has 1 aliphatic rings. The molecule has 0 amide bonds. The highest BCUT2D eigenvalue weighted by molar-refractivity contribution is 6.30. The summed E-state index contributed by atoms with van der Waals surface area (Å²) < 4.78 is 7.42. The van der Waals surface area contributed by atoms with Crippen LogP contribution in [0.2, 0.25) is 0 Å². The smallest absolute Gasteiger partial charge is 0.122 e. The molecule has 3 nitrogen and oxygen atoms in total. The lowest BCUT2D eigenvalue weighted by atomic mass is 10.0. The van der Waals surface area contributed by atoms with Crippen molar-refractivity contribution in [1.29, 1.82) is 0 Å². The topological polar surface area (TPSA) is 26.5 Å². The number of methoxy groups -OCH3 is 1. The average molecular weight is 325 g/mol. The molecule has 2 aromatic rings. The molecule has 0 fully saturated rings. The SMILES string of the molecule is C=C(Cl)/N=C1/C=CC=C/C1=C(/C)n1ccc2cc(OC)ccc21. The average Bonchev–Trinajstić information content (AvgIpc) is 2.97. The zero-order valence-corrected chi connectivity index (χ0v) is 13.8. The van der Waals surface area contributed by atoms with Crippen LogP contribution in [0, 0.1) is 0 Å². The Morgan fingerprint density at radius 2 is 2.00 bits per heavy atom. The van der Waals surface area contributed by atoms with Crippen molar-refractivity contribution in [2.45, 2.75) is 6.92 Å². The summed E-state index contributed by atoms with van der Waals surface area (Å²) in [5.74, 6) is 0.849. The summed E-state index contributed by atoms with van der Waals surface area (Å²) in [5, 5.41) is 1.40. The summed E-state index contributed by atoms with van der Waals surface area (Å²) >= 11 is 5.85. The van der Waals surface area contributed by atoms with Gasteiger partial charge in [-0.05, 0) is 37.3 Å². The van der Waals surface area contributed by atoms with Gasteiger partial charge in [-0.25, -0.2) is 4.99 Å². The Labute approximate surface area is 140 Å². The highest BCUT2D eigenvalue weighted by atomic mass is 35.5. The molecule has 3 rings (SSSR count). The van der Waals surface area contributed by atoms with E-state index in [1.807, 2.05) is 42.6 Å². The molecule has 23 heavy (non-hydrogen) atoms. The third kappa shape index (κ3) is 3.01. The van der Waals surface area contributed by atoms with Crippen molar-refractivity contribution >= 4 is 33.9 Å². The number of rotatable bonds is 3. The maximum Gasteiger partial charge on any atom is 0.122 e. The fraction of sp³-hybridized carbons (Fsp3) is 0.105. The van der Waals surface area contributed by atoms with Crippen molar-refractivity contribution in [2.24, 2.45) is 4.99 Å². The number of hydrogen-bond acceptors (Lipinski definition) is 2. The minimum absolute atomic E-state index is 0.271. The van der Waals surface area contributed by atoms with E-state index < -0.39 is 0 Å². The Morgan fingerprint density at radius 3 is 2.74 bits per heavy atom. The minimum atomic E-state index is 0.271. The predicted molar refractivity (Wildman–Crippen MR) is 98.1 cm³/mol. The van der Waals surface area contributed by atoms with E-state index in [9.17, 15) is 0 Å². The maximum atomic E-state index is 5.85. The van der Waals surface area contributed by atoms with E-state index in [0.29, 0.717) is 0 Å². The number of fused-ring (bicyclic) bond motifs is 1. The molecule has 0 spiro atoms. The van der Waals surface area contributed by atoms with E-state index >= 15 is 0 Å². The van der Waals surface area contributed by atoms with Gasteiger partial charge in [0.2, 0.25) is 0 Å². The number of ether oxygens (including phenoxy) is 1. The van der Waals surface area contributed by atoms with Crippen molar-refractivity contribution in [1.82, 2.24) is 4.57 Å². The van der Waals surface area contributed by atoms with Gasteiger partial charge < -0.3 is 9.30 Å². The number of halogens is 1. The van der Waals surface area contributed by atoms with E-state index in [1.54, 1.807) is 7.11 Å². The molecule has 0 saturated heterocycles. The van der Waals surface area contributed by atoms with Crippen molar-refractivity contribution < 1.29 is 4.74 Å². The molecule has 0 N–H and O–H groups in total. The molecule has 0 radical (unpaired) electrons. The van der Waals surface area contributed by atoms with Gasteiger partial charge in [-0.1, -0.05) is 36.4 Å². The predicted octanol–water partition coefficient (Wildman–Crippen LogP) is 5.16. The highest BCUT2D eigenvalue weighted by Crippen LogP contribution is 2.27. The molecular formula is C19H17ClN2O. The van der Waals surface area contributed by atoms with Crippen LogP contribution in [-0.2, 0) is 0 Å². The zero-order valence-electron chi connectivity index (χ0n) is 13.1. The van der Waals surface area contributed by atoms with Crippen LogP contribution in [-0.4, -0.2) is 17.4 Å². The Morgan fingerprint density at radius 1 is 1.22 bits per heavy atom. The zero-order chi connectivity index (χ0) is 16.4. The first-order chi connectivity index (χ1) is 11.1. The van der Waals surface area contributed by atoms with Gasteiger partial charge in [-0.3, -0.25) is 0 Å². The Bertz CT molecular complexity index is 897. The van der Waals surface area contributed by atoms with E-state index in [0.717, 1.165) is 33.6 Å². The highest BCUT2D eigenvalue weighted by Gasteiger charge is 2.12. The summed E-state index contributed by atoms with van der Waals surface area (Å²) in [5.41, 5.74) is 4.01. The van der Waals surface area contributed by atoms with Crippen LogP contribution < -0.4 is 4.74 Å². The fourth-order valence-electron chi connectivity index (χ4n) is 2.68. The van der Waals surface area contributed by atoms with E-state index in [4.69, 9.17) is 16.3 Å². The quantitative estimate of drug-likeness (QED) is 0.716. The monoisotopic (exact) mass is 324 g/mol. The molecule has 0 unspecified atom stereocenters. The summed E-state index contributed by atoms with van der Waals surface area (Å²) in [7, 11) is 1.67. The molecule has 1 heterocycles. The van der Waals surface area contributed by atoms with Crippen molar-refractivity contribution in [2.75, 3.05) is 7.11 Å². The lowest BCUT2D eigenvalue weighted by Gasteiger charge is -2.14. The first kappa shape index (κ1) is 15.4. The van der Waals surface area contributed by atoms with Crippen LogP contribution in [0.25, 0.3) is 16.6 Å². The molecular weight excluding hydrogens is 308 g/mol. The molecule has 116 valence electrons. The third-order valence-electron chi connectivity index (χ3n) is 3.79. The van der Waals surface area contributed by atoms with Crippen LogP contribution in [0.5, 0.6) is 5.75 Å². The van der Waals surface area contributed by atoms with Gasteiger partial charge in [-0.2, -0.15) is 0 Å². The number of aliphatic imine (C=N–C) groups is 1. The second kappa shape index (κ2) is 6.31. The number of allylic oxidation sites excluding steroid dienone is 6. The Balaban J connectivity index is 2.15. The standard InChI is InChI=1S/C19H17ClN2O/c1-13(17-6-4-5-7-18(17)21-14(2)20)22-11-10-15-12-16(23-3)8-9-19(15)22/h4-12H,2H2,1,3H3/b17-13+,21-18-. The van der Waals surface area contributed by atoms with Crippen LogP contribution in [0.3, 0.4) is 0 Å². The molecule has 0 atom stereocenters. The van der Waals surface area contributed by atoms with Gasteiger partial charge >= 0.3 is 0 Å². The minimum Gasteiger partial charge on any atom is -0.497 e. The lowest BCUT2D eigenvalue weighted by molar-refractivity contribution is 0.415. The normalized spacial score (nSPS) is 17.8. The van der Waals surface area contributed by atoms with E-state index in [1.165, 1.54) is 0 Å². The second-order valence-corrected chi connectivity index (χ2v) is 5.64. The molecule has 0 aliphatic heterocycles. The molecule has 1 aromatic heterocycles.